The fourth-order valence-electron chi connectivity index (χ4n) is 2.12. The van der Waals surface area contributed by atoms with E-state index in [4.69, 9.17) is 10.5 Å². The second-order valence-corrected chi connectivity index (χ2v) is 4.86. The first kappa shape index (κ1) is 14.0. The lowest BCUT2D eigenvalue weighted by Crippen LogP contribution is -2.35. The van der Waals surface area contributed by atoms with E-state index in [0.29, 0.717) is 25.1 Å². The molecule has 4 nitrogen and oxygen atoms in total. The Morgan fingerprint density at radius 1 is 1.53 bits per heavy atom. The number of hydrogen-bond acceptors (Lipinski definition) is 3. The standard InChI is InChI=1S/C14H19FN2O2/c1-9-2-3-10(6-12(9)15)8-17-14(18)13-5-4-11(7-16)19-13/h2-3,6,11,13H,4-5,7-8,16H2,1H3,(H,17,18). The molecular formula is C14H19FN2O2. The van der Waals surface area contributed by atoms with Crippen molar-refractivity contribution in [2.75, 3.05) is 6.54 Å². The van der Waals surface area contributed by atoms with Crippen LogP contribution in [0.4, 0.5) is 4.39 Å². The van der Waals surface area contributed by atoms with Gasteiger partial charge < -0.3 is 15.8 Å². The van der Waals surface area contributed by atoms with Gasteiger partial charge in [0.05, 0.1) is 6.10 Å². The van der Waals surface area contributed by atoms with E-state index in [9.17, 15) is 9.18 Å². The third-order valence-electron chi connectivity index (χ3n) is 3.37. The molecule has 5 heteroatoms. The summed E-state index contributed by atoms with van der Waals surface area (Å²) in [5, 5.41) is 2.76. The highest BCUT2D eigenvalue weighted by Gasteiger charge is 2.29. The summed E-state index contributed by atoms with van der Waals surface area (Å²) in [5.41, 5.74) is 6.83. The van der Waals surface area contributed by atoms with Crippen LogP contribution in [0.2, 0.25) is 0 Å². The predicted molar refractivity (Wildman–Crippen MR) is 69.9 cm³/mol. The van der Waals surface area contributed by atoms with E-state index >= 15 is 0 Å². The van der Waals surface area contributed by atoms with Crippen LogP contribution >= 0.6 is 0 Å². The number of carbonyl (C=O) groups excluding carboxylic acids is 1. The summed E-state index contributed by atoms with van der Waals surface area (Å²) in [6, 6.07) is 4.94. The highest BCUT2D eigenvalue weighted by Crippen LogP contribution is 2.19. The van der Waals surface area contributed by atoms with Crippen LogP contribution in [-0.2, 0) is 16.1 Å². The third kappa shape index (κ3) is 3.52. The second kappa shape index (κ2) is 6.12. The third-order valence-corrected chi connectivity index (χ3v) is 3.37. The first-order chi connectivity index (χ1) is 9.10. The molecule has 1 aromatic rings. The fourth-order valence-corrected chi connectivity index (χ4v) is 2.12. The predicted octanol–water partition coefficient (Wildman–Crippen LogP) is 1.26. The van der Waals surface area contributed by atoms with Gasteiger partial charge in [-0.25, -0.2) is 4.39 Å². The molecule has 0 saturated carbocycles. The molecule has 19 heavy (non-hydrogen) atoms. The largest absolute Gasteiger partial charge is 0.364 e. The molecule has 0 spiro atoms. The van der Waals surface area contributed by atoms with Crippen molar-refractivity contribution in [3.05, 3.63) is 35.1 Å². The number of carbonyl (C=O) groups is 1. The fraction of sp³-hybridized carbons (Fsp3) is 0.500. The number of aryl methyl sites for hydroxylation is 1. The van der Waals surface area contributed by atoms with Gasteiger partial charge >= 0.3 is 0 Å². The molecule has 2 rings (SSSR count). The van der Waals surface area contributed by atoms with E-state index in [0.717, 1.165) is 12.0 Å². The molecule has 0 bridgehead atoms. The Kier molecular flexibility index (Phi) is 4.50. The Bertz CT molecular complexity index is 465. The molecule has 1 heterocycles. The van der Waals surface area contributed by atoms with Crippen LogP contribution in [-0.4, -0.2) is 24.7 Å². The molecule has 104 valence electrons. The Labute approximate surface area is 112 Å². The minimum Gasteiger partial charge on any atom is -0.364 e. The summed E-state index contributed by atoms with van der Waals surface area (Å²) in [6.45, 7) is 2.45. The van der Waals surface area contributed by atoms with Crippen LogP contribution in [0, 0.1) is 12.7 Å². The van der Waals surface area contributed by atoms with Crippen LogP contribution in [0.5, 0.6) is 0 Å². The Balaban J connectivity index is 1.85. The summed E-state index contributed by atoms with van der Waals surface area (Å²) in [4.78, 5) is 11.9. The van der Waals surface area contributed by atoms with Gasteiger partial charge in [0.2, 0.25) is 5.91 Å². The van der Waals surface area contributed by atoms with Crippen molar-refractivity contribution in [1.29, 1.82) is 0 Å². The van der Waals surface area contributed by atoms with Crippen LogP contribution in [0.3, 0.4) is 0 Å². The van der Waals surface area contributed by atoms with Crippen LogP contribution in [0.1, 0.15) is 24.0 Å². The van der Waals surface area contributed by atoms with Crippen molar-refractivity contribution in [3.8, 4) is 0 Å². The molecule has 2 atom stereocenters. The lowest BCUT2D eigenvalue weighted by atomic mass is 10.1. The summed E-state index contributed by atoms with van der Waals surface area (Å²) in [7, 11) is 0. The van der Waals surface area contributed by atoms with Crippen molar-refractivity contribution in [1.82, 2.24) is 5.32 Å². The SMILES string of the molecule is Cc1ccc(CNC(=O)C2CCC(CN)O2)cc1F. The van der Waals surface area contributed by atoms with Gasteiger partial charge in [0.25, 0.3) is 0 Å². The molecule has 1 aliphatic heterocycles. The van der Waals surface area contributed by atoms with Gasteiger partial charge in [0.15, 0.2) is 0 Å². The van der Waals surface area contributed by atoms with Gasteiger partial charge in [0.1, 0.15) is 11.9 Å². The lowest BCUT2D eigenvalue weighted by molar-refractivity contribution is -0.132. The highest BCUT2D eigenvalue weighted by molar-refractivity contribution is 5.81. The number of benzene rings is 1. The summed E-state index contributed by atoms with van der Waals surface area (Å²) in [6.07, 6.45) is 1.06. The summed E-state index contributed by atoms with van der Waals surface area (Å²) in [5.74, 6) is -0.413. The molecular weight excluding hydrogens is 247 g/mol. The maximum absolute atomic E-state index is 13.4. The maximum Gasteiger partial charge on any atom is 0.249 e. The van der Waals surface area contributed by atoms with Crippen LogP contribution < -0.4 is 11.1 Å². The smallest absolute Gasteiger partial charge is 0.249 e. The normalized spacial score (nSPS) is 22.5. The van der Waals surface area contributed by atoms with E-state index in [1.807, 2.05) is 0 Å². The van der Waals surface area contributed by atoms with Crippen molar-refractivity contribution >= 4 is 5.91 Å². The van der Waals surface area contributed by atoms with Gasteiger partial charge in [-0.3, -0.25) is 4.79 Å². The number of nitrogens with one attached hydrogen (secondary N) is 1. The van der Waals surface area contributed by atoms with Crippen LogP contribution in [0.25, 0.3) is 0 Å². The topological polar surface area (TPSA) is 64.4 Å². The van der Waals surface area contributed by atoms with Gasteiger partial charge in [-0.2, -0.15) is 0 Å². The first-order valence-electron chi connectivity index (χ1n) is 6.48. The Morgan fingerprint density at radius 3 is 2.95 bits per heavy atom. The maximum atomic E-state index is 13.4. The quantitative estimate of drug-likeness (QED) is 0.862. The number of ether oxygens (including phenoxy) is 1. The molecule has 1 amide bonds. The molecule has 0 radical (unpaired) electrons. The van der Waals surface area contributed by atoms with Crippen molar-refractivity contribution in [2.24, 2.45) is 5.73 Å². The van der Waals surface area contributed by atoms with Crippen molar-refractivity contribution < 1.29 is 13.9 Å². The number of nitrogens with two attached hydrogens (primary N) is 1. The van der Waals surface area contributed by atoms with E-state index in [1.165, 1.54) is 6.07 Å². The Morgan fingerprint density at radius 2 is 2.32 bits per heavy atom. The highest BCUT2D eigenvalue weighted by atomic mass is 19.1. The lowest BCUT2D eigenvalue weighted by Gasteiger charge is -2.13. The second-order valence-electron chi connectivity index (χ2n) is 4.86. The molecule has 1 fully saturated rings. The average Bonchev–Trinajstić information content (AvgIpc) is 2.88. The molecule has 1 aliphatic rings. The monoisotopic (exact) mass is 266 g/mol. The zero-order chi connectivity index (χ0) is 13.8. The number of hydrogen-bond donors (Lipinski definition) is 2. The van der Waals surface area contributed by atoms with Crippen molar-refractivity contribution in [2.45, 2.75) is 38.5 Å². The number of amides is 1. The zero-order valence-corrected chi connectivity index (χ0v) is 11.0. The van der Waals surface area contributed by atoms with E-state index in [2.05, 4.69) is 5.32 Å². The van der Waals surface area contributed by atoms with Crippen molar-refractivity contribution in [3.63, 3.8) is 0 Å². The first-order valence-corrected chi connectivity index (χ1v) is 6.48. The molecule has 0 aromatic heterocycles. The zero-order valence-electron chi connectivity index (χ0n) is 11.0. The summed E-state index contributed by atoms with van der Waals surface area (Å²) >= 11 is 0. The molecule has 1 aromatic carbocycles. The van der Waals surface area contributed by atoms with E-state index in [1.54, 1.807) is 19.1 Å². The molecule has 0 aliphatic carbocycles. The Hall–Kier alpha value is -1.46. The minimum atomic E-state index is -0.427. The summed E-state index contributed by atoms with van der Waals surface area (Å²) < 4.78 is 18.8. The van der Waals surface area contributed by atoms with Gasteiger partial charge in [-0.1, -0.05) is 12.1 Å². The molecule has 1 saturated heterocycles. The van der Waals surface area contributed by atoms with E-state index < -0.39 is 6.10 Å². The molecule has 3 N–H and O–H groups in total. The minimum absolute atomic E-state index is 0.0208. The number of rotatable bonds is 4. The molecule has 2 unspecified atom stereocenters. The van der Waals surface area contributed by atoms with E-state index in [-0.39, 0.29) is 17.8 Å². The van der Waals surface area contributed by atoms with Gasteiger partial charge in [0, 0.05) is 13.1 Å². The number of halogens is 1. The van der Waals surface area contributed by atoms with Gasteiger partial charge in [-0.05, 0) is 37.0 Å². The average molecular weight is 266 g/mol. The van der Waals surface area contributed by atoms with Gasteiger partial charge in [-0.15, -0.1) is 0 Å². The van der Waals surface area contributed by atoms with Crippen LogP contribution in [0.15, 0.2) is 18.2 Å².